The molecule has 8 heteroatoms. The molecule has 1 unspecified atom stereocenters. The molecule has 1 aliphatic heterocycles. The SMILES string of the molecule is COc1ccc(OC)c([C@H]2CCC[NH+]2CC(=O)Nc2sccc2C(N)=O)c1. The molecule has 7 nitrogen and oxygen atoms in total. The Morgan fingerprint density at radius 3 is 2.81 bits per heavy atom. The summed E-state index contributed by atoms with van der Waals surface area (Å²) in [5.74, 6) is 0.892. The Labute approximate surface area is 162 Å². The van der Waals surface area contributed by atoms with Gasteiger partial charge in [0.2, 0.25) is 0 Å². The Hall–Kier alpha value is -2.58. The van der Waals surface area contributed by atoms with E-state index < -0.39 is 5.91 Å². The second-order valence-electron chi connectivity index (χ2n) is 6.46. The first kappa shape index (κ1) is 19.2. The summed E-state index contributed by atoms with van der Waals surface area (Å²) in [7, 11) is 3.28. The van der Waals surface area contributed by atoms with Crippen molar-refractivity contribution in [2.24, 2.45) is 5.73 Å². The molecule has 3 rings (SSSR count). The maximum absolute atomic E-state index is 12.6. The summed E-state index contributed by atoms with van der Waals surface area (Å²) in [6.45, 7) is 1.20. The molecule has 0 radical (unpaired) electrons. The van der Waals surface area contributed by atoms with Gasteiger partial charge in [0.1, 0.15) is 22.5 Å². The number of methoxy groups -OCH3 is 2. The molecule has 2 atom stereocenters. The van der Waals surface area contributed by atoms with Crippen LogP contribution in [0.15, 0.2) is 29.6 Å². The van der Waals surface area contributed by atoms with Crippen molar-refractivity contribution in [2.45, 2.75) is 18.9 Å². The molecule has 1 saturated heterocycles. The molecule has 1 fully saturated rings. The molecule has 2 aromatic rings. The normalized spacial score (nSPS) is 18.9. The number of nitrogens with two attached hydrogens (primary N) is 1. The lowest BCUT2D eigenvalue weighted by molar-refractivity contribution is -0.910. The van der Waals surface area contributed by atoms with Crippen LogP contribution in [0.1, 0.15) is 34.8 Å². The number of anilines is 1. The molecule has 1 aromatic carbocycles. The summed E-state index contributed by atoms with van der Waals surface area (Å²) in [4.78, 5) is 25.1. The first-order valence-corrected chi connectivity index (χ1v) is 9.65. The lowest BCUT2D eigenvalue weighted by atomic mass is 10.0. The highest BCUT2D eigenvalue weighted by atomic mass is 32.1. The van der Waals surface area contributed by atoms with Gasteiger partial charge in [0, 0.05) is 12.8 Å². The maximum atomic E-state index is 12.6. The third-order valence-electron chi connectivity index (χ3n) is 4.87. The monoisotopic (exact) mass is 390 g/mol. The van der Waals surface area contributed by atoms with Gasteiger partial charge in [-0.3, -0.25) is 9.59 Å². The molecule has 1 aliphatic rings. The Bertz CT molecular complexity index is 836. The lowest BCUT2D eigenvalue weighted by Crippen LogP contribution is -3.11. The Balaban J connectivity index is 1.74. The van der Waals surface area contributed by atoms with E-state index in [0.29, 0.717) is 17.1 Å². The summed E-state index contributed by atoms with van der Waals surface area (Å²) in [5, 5.41) is 5.06. The van der Waals surface area contributed by atoms with Gasteiger partial charge in [-0.2, -0.15) is 0 Å². The summed E-state index contributed by atoms with van der Waals surface area (Å²) < 4.78 is 10.9. The Morgan fingerprint density at radius 2 is 2.11 bits per heavy atom. The number of hydrogen-bond donors (Lipinski definition) is 3. The fourth-order valence-corrected chi connectivity index (χ4v) is 4.40. The minimum atomic E-state index is -0.543. The third kappa shape index (κ3) is 4.23. The number of amides is 2. The van der Waals surface area contributed by atoms with E-state index in [1.807, 2.05) is 18.2 Å². The van der Waals surface area contributed by atoms with Crippen molar-refractivity contribution >= 4 is 28.2 Å². The van der Waals surface area contributed by atoms with Gasteiger partial charge in [-0.1, -0.05) is 0 Å². The van der Waals surface area contributed by atoms with E-state index >= 15 is 0 Å². The Morgan fingerprint density at radius 1 is 1.30 bits per heavy atom. The van der Waals surface area contributed by atoms with Gasteiger partial charge in [-0.05, 0) is 29.6 Å². The molecule has 0 aliphatic carbocycles. The average molecular weight is 390 g/mol. The van der Waals surface area contributed by atoms with Crippen molar-refractivity contribution in [1.29, 1.82) is 0 Å². The Kier molecular flexibility index (Phi) is 5.98. The van der Waals surface area contributed by atoms with E-state index in [0.717, 1.165) is 41.3 Å². The zero-order chi connectivity index (χ0) is 19.4. The van der Waals surface area contributed by atoms with Crippen LogP contribution in [-0.4, -0.2) is 39.1 Å². The highest BCUT2D eigenvalue weighted by Gasteiger charge is 2.34. The minimum Gasteiger partial charge on any atom is -0.497 e. The van der Waals surface area contributed by atoms with Crippen molar-refractivity contribution in [1.82, 2.24) is 0 Å². The number of thiophene rings is 1. The van der Waals surface area contributed by atoms with E-state index in [1.54, 1.807) is 25.7 Å². The summed E-state index contributed by atoms with van der Waals surface area (Å²) in [5.41, 5.74) is 6.73. The molecule has 2 amide bonds. The number of benzene rings is 1. The van der Waals surface area contributed by atoms with Crippen molar-refractivity contribution in [3.8, 4) is 11.5 Å². The van der Waals surface area contributed by atoms with E-state index in [4.69, 9.17) is 15.2 Å². The molecule has 2 heterocycles. The number of primary amides is 1. The van der Waals surface area contributed by atoms with Gasteiger partial charge < -0.3 is 25.4 Å². The van der Waals surface area contributed by atoms with Crippen molar-refractivity contribution in [3.63, 3.8) is 0 Å². The van der Waals surface area contributed by atoms with Crippen LogP contribution in [0.4, 0.5) is 5.00 Å². The van der Waals surface area contributed by atoms with Crippen LogP contribution in [0.5, 0.6) is 11.5 Å². The molecule has 144 valence electrons. The molecule has 0 saturated carbocycles. The number of rotatable bonds is 7. The fraction of sp³-hybridized carbons (Fsp3) is 0.368. The molecule has 1 aromatic heterocycles. The van der Waals surface area contributed by atoms with Crippen LogP contribution >= 0.6 is 11.3 Å². The molecule has 27 heavy (non-hydrogen) atoms. The second kappa shape index (κ2) is 8.41. The van der Waals surface area contributed by atoms with Gasteiger partial charge in [0.15, 0.2) is 6.54 Å². The largest absolute Gasteiger partial charge is 0.497 e. The summed E-state index contributed by atoms with van der Waals surface area (Å²) >= 11 is 1.29. The number of ether oxygens (including phenoxy) is 2. The average Bonchev–Trinajstić information content (AvgIpc) is 3.30. The van der Waals surface area contributed by atoms with E-state index in [2.05, 4.69) is 5.32 Å². The third-order valence-corrected chi connectivity index (χ3v) is 5.70. The van der Waals surface area contributed by atoms with Gasteiger partial charge in [0.05, 0.1) is 31.9 Å². The first-order valence-electron chi connectivity index (χ1n) is 8.77. The van der Waals surface area contributed by atoms with Crippen molar-refractivity contribution < 1.29 is 24.0 Å². The smallest absolute Gasteiger partial charge is 0.280 e. The zero-order valence-corrected chi connectivity index (χ0v) is 16.2. The van der Waals surface area contributed by atoms with Crippen LogP contribution in [0, 0.1) is 0 Å². The quantitative estimate of drug-likeness (QED) is 0.663. The molecular weight excluding hydrogens is 366 g/mol. The molecule has 0 bridgehead atoms. The number of likely N-dealkylation sites (tertiary alicyclic amines) is 1. The highest BCUT2D eigenvalue weighted by Crippen LogP contribution is 2.31. The van der Waals surface area contributed by atoms with Crippen LogP contribution in [0.3, 0.4) is 0 Å². The van der Waals surface area contributed by atoms with Crippen molar-refractivity contribution in [3.05, 3.63) is 40.8 Å². The highest BCUT2D eigenvalue weighted by molar-refractivity contribution is 7.14. The number of quaternary nitrogens is 1. The zero-order valence-electron chi connectivity index (χ0n) is 15.4. The van der Waals surface area contributed by atoms with E-state index in [-0.39, 0.29) is 11.9 Å². The predicted molar refractivity (Wildman–Crippen MR) is 104 cm³/mol. The van der Waals surface area contributed by atoms with E-state index in [9.17, 15) is 9.59 Å². The number of carbonyl (C=O) groups excluding carboxylic acids is 2. The van der Waals surface area contributed by atoms with Crippen LogP contribution in [-0.2, 0) is 4.79 Å². The molecule has 0 spiro atoms. The predicted octanol–water partition coefficient (Wildman–Crippen LogP) is 1.22. The fourth-order valence-electron chi connectivity index (χ4n) is 3.59. The topological polar surface area (TPSA) is 95.1 Å². The van der Waals surface area contributed by atoms with E-state index in [1.165, 1.54) is 11.3 Å². The standard InChI is InChI=1S/C19H23N3O4S/c1-25-12-5-6-16(26-2)14(10-12)15-4-3-8-22(15)11-17(23)21-19-13(18(20)24)7-9-27-19/h5-7,9-10,15H,3-4,8,11H2,1-2H3,(H2,20,24)(H,21,23)/p+1/t15-/m1/s1. The minimum absolute atomic E-state index is 0.135. The van der Waals surface area contributed by atoms with Crippen LogP contribution < -0.4 is 25.4 Å². The first-order chi connectivity index (χ1) is 13.0. The number of carbonyl (C=O) groups is 2. The molecule has 4 N–H and O–H groups in total. The summed E-state index contributed by atoms with van der Waals surface area (Å²) in [6, 6.07) is 7.52. The van der Waals surface area contributed by atoms with Gasteiger partial charge in [-0.15, -0.1) is 11.3 Å². The molecular formula is C19H24N3O4S+. The van der Waals surface area contributed by atoms with Crippen LogP contribution in [0.2, 0.25) is 0 Å². The maximum Gasteiger partial charge on any atom is 0.280 e. The second-order valence-corrected chi connectivity index (χ2v) is 7.38. The van der Waals surface area contributed by atoms with Gasteiger partial charge >= 0.3 is 0 Å². The van der Waals surface area contributed by atoms with Gasteiger partial charge in [0.25, 0.3) is 11.8 Å². The summed E-state index contributed by atoms with van der Waals surface area (Å²) in [6.07, 6.45) is 2.00. The lowest BCUT2D eigenvalue weighted by Gasteiger charge is -2.23. The van der Waals surface area contributed by atoms with Crippen LogP contribution in [0.25, 0.3) is 0 Å². The van der Waals surface area contributed by atoms with Crippen molar-refractivity contribution in [2.75, 3.05) is 32.6 Å². The van der Waals surface area contributed by atoms with Gasteiger partial charge in [-0.25, -0.2) is 0 Å². The number of hydrogen-bond acceptors (Lipinski definition) is 5. The number of nitrogens with one attached hydrogen (secondary N) is 2.